The predicted octanol–water partition coefficient (Wildman–Crippen LogP) is 13.8. The zero-order valence-corrected chi connectivity index (χ0v) is 36.2. The lowest BCUT2D eigenvalue weighted by atomic mass is 9.43. The van der Waals surface area contributed by atoms with E-state index in [1.54, 1.807) is 0 Å². The van der Waals surface area contributed by atoms with Gasteiger partial charge in [-0.3, -0.25) is 0 Å². The maximum Gasteiger partial charge on any atom is 0.333 e. The van der Waals surface area contributed by atoms with Crippen molar-refractivity contribution in [2.75, 3.05) is 4.81 Å². The maximum atomic E-state index is 6.67. The zero-order chi connectivity index (χ0) is 41.8. The summed E-state index contributed by atoms with van der Waals surface area (Å²) in [6, 6.07) is 55.8. The third-order valence-electron chi connectivity index (χ3n) is 15.5. The van der Waals surface area contributed by atoms with Crippen molar-refractivity contribution in [1.82, 2.24) is 4.57 Å². The number of hydrogen-bond acceptors (Lipinski definition) is 2. The second kappa shape index (κ2) is 11.2. The fraction of sp³-hybridized carbons (Fsp3) is 0.172. The number of benzene rings is 8. The third kappa shape index (κ3) is 4.10. The van der Waals surface area contributed by atoms with Gasteiger partial charge in [-0.2, -0.15) is 0 Å². The van der Waals surface area contributed by atoms with Gasteiger partial charge in [0, 0.05) is 55.0 Å². The van der Waals surface area contributed by atoms with Gasteiger partial charge in [0.25, 0.3) is 0 Å². The van der Waals surface area contributed by atoms with Gasteiger partial charge in [-0.1, -0.05) is 152 Å². The van der Waals surface area contributed by atoms with E-state index in [2.05, 4.69) is 203 Å². The second-order valence-corrected chi connectivity index (χ2v) is 20.5. The van der Waals surface area contributed by atoms with E-state index in [1.807, 2.05) is 0 Å². The monoisotopic (exact) mass is 796 g/mol. The van der Waals surface area contributed by atoms with Crippen LogP contribution in [0.25, 0.3) is 82.8 Å². The fourth-order valence-corrected chi connectivity index (χ4v) is 12.5. The lowest BCUT2D eigenvalue weighted by Gasteiger charge is -2.42. The van der Waals surface area contributed by atoms with Gasteiger partial charge in [0.05, 0.1) is 11.0 Å². The summed E-state index contributed by atoms with van der Waals surface area (Å²) in [6.07, 6.45) is 0. The minimum absolute atomic E-state index is 0.0333. The van der Waals surface area contributed by atoms with E-state index in [-0.39, 0.29) is 23.1 Å². The molecule has 14 rings (SSSR count). The van der Waals surface area contributed by atoms with Crippen LogP contribution in [0.1, 0.15) is 76.3 Å². The number of rotatable bonds is 1. The molecule has 0 N–H and O–H groups in total. The number of nitrogens with zero attached hydrogens (tertiary/aromatic N) is 2. The van der Waals surface area contributed by atoms with Crippen LogP contribution in [0.3, 0.4) is 0 Å². The third-order valence-corrected chi connectivity index (χ3v) is 15.5. The van der Waals surface area contributed by atoms with Crippen LogP contribution in [0.4, 0.5) is 11.4 Å². The first-order valence-corrected chi connectivity index (χ1v) is 22.3. The molecule has 0 radical (unpaired) electrons. The van der Waals surface area contributed by atoms with Crippen LogP contribution in [0.2, 0.25) is 0 Å². The fourth-order valence-electron chi connectivity index (χ4n) is 12.5. The SMILES string of the molecule is CC(C)(C)c1ccc(N2B3c4cc5c(cc4-n4c6ccc7c(c6c6ccc(c3c64)-c3cc4oc6ccccc6c4cc32)-c2ccccc2C7(C)C)C(C)(C)c2ccccc2-5)cc1. The van der Waals surface area contributed by atoms with Crippen LogP contribution in [0.15, 0.2) is 150 Å². The van der Waals surface area contributed by atoms with E-state index in [9.17, 15) is 0 Å². The number of para-hydroxylation sites is 1. The first kappa shape index (κ1) is 34.9. The molecule has 2 aromatic heterocycles. The molecule has 0 unspecified atom stereocenters. The van der Waals surface area contributed by atoms with E-state index < -0.39 is 0 Å². The molecule has 4 aliphatic rings. The van der Waals surface area contributed by atoms with E-state index >= 15 is 0 Å². The van der Waals surface area contributed by atoms with Crippen LogP contribution >= 0.6 is 0 Å². The Morgan fingerprint density at radius 3 is 2.02 bits per heavy atom. The van der Waals surface area contributed by atoms with Gasteiger partial charge in [-0.05, 0) is 114 Å². The van der Waals surface area contributed by atoms with Crippen LogP contribution < -0.4 is 15.7 Å². The average Bonchev–Trinajstić information content (AvgIpc) is 3.95. The lowest BCUT2D eigenvalue weighted by Crippen LogP contribution is -2.60. The van der Waals surface area contributed by atoms with Crippen molar-refractivity contribution >= 4 is 72.9 Å². The number of anilines is 2. The Labute approximate surface area is 362 Å². The highest BCUT2D eigenvalue weighted by molar-refractivity contribution is 6.93. The summed E-state index contributed by atoms with van der Waals surface area (Å²) < 4.78 is 9.33. The minimum Gasteiger partial charge on any atom is -0.456 e. The highest BCUT2D eigenvalue weighted by Gasteiger charge is 2.47. The van der Waals surface area contributed by atoms with Crippen molar-refractivity contribution in [1.29, 1.82) is 0 Å². The van der Waals surface area contributed by atoms with E-state index in [0.29, 0.717) is 0 Å². The molecule has 0 spiro atoms. The summed E-state index contributed by atoms with van der Waals surface area (Å²) in [7, 11) is 0. The molecule has 0 saturated heterocycles. The van der Waals surface area contributed by atoms with Crippen molar-refractivity contribution in [2.24, 2.45) is 0 Å². The summed E-state index contributed by atoms with van der Waals surface area (Å²) >= 11 is 0. The molecule has 10 aromatic rings. The van der Waals surface area contributed by atoms with Gasteiger partial charge in [-0.25, -0.2) is 0 Å². The highest BCUT2D eigenvalue weighted by Crippen LogP contribution is 2.56. The molecule has 0 saturated carbocycles. The van der Waals surface area contributed by atoms with Crippen LogP contribution in [-0.4, -0.2) is 11.4 Å². The zero-order valence-electron chi connectivity index (χ0n) is 36.2. The van der Waals surface area contributed by atoms with Crippen molar-refractivity contribution < 1.29 is 4.42 Å². The average molecular weight is 797 g/mol. The van der Waals surface area contributed by atoms with Crippen molar-refractivity contribution in [2.45, 2.75) is 64.7 Å². The Hall–Kier alpha value is -6.78. The first-order chi connectivity index (χ1) is 29.9. The van der Waals surface area contributed by atoms with E-state index in [0.717, 1.165) is 21.9 Å². The Bertz CT molecular complexity index is 3680. The Balaban J connectivity index is 1.17. The van der Waals surface area contributed by atoms with Gasteiger partial charge in [0.2, 0.25) is 0 Å². The number of aromatic nitrogens is 1. The van der Waals surface area contributed by atoms with Gasteiger partial charge < -0.3 is 13.8 Å². The molecule has 2 aliphatic carbocycles. The molecule has 4 heteroatoms. The minimum atomic E-state index is -0.148. The van der Waals surface area contributed by atoms with Crippen molar-refractivity contribution in [3.8, 4) is 39.1 Å². The molecular weight excluding hydrogens is 751 g/mol. The molecule has 3 nitrogen and oxygen atoms in total. The van der Waals surface area contributed by atoms with E-state index in [4.69, 9.17) is 4.42 Å². The second-order valence-electron chi connectivity index (χ2n) is 20.5. The van der Waals surface area contributed by atoms with Crippen LogP contribution in [-0.2, 0) is 16.2 Å². The normalized spacial score (nSPS) is 15.9. The summed E-state index contributed by atoms with van der Waals surface area (Å²) in [5, 5.41) is 4.96. The van der Waals surface area contributed by atoms with Gasteiger partial charge in [-0.15, -0.1) is 0 Å². The largest absolute Gasteiger partial charge is 0.456 e. The number of hydrogen-bond donors (Lipinski definition) is 0. The molecular formula is C58H45BN2O. The summed E-state index contributed by atoms with van der Waals surface area (Å²) in [5.74, 6) is 0. The molecule has 2 aliphatic heterocycles. The van der Waals surface area contributed by atoms with Gasteiger partial charge in [0.15, 0.2) is 0 Å². The Morgan fingerprint density at radius 2 is 1.23 bits per heavy atom. The van der Waals surface area contributed by atoms with Gasteiger partial charge in [0.1, 0.15) is 11.2 Å². The smallest absolute Gasteiger partial charge is 0.333 e. The molecule has 0 amide bonds. The molecule has 0 bridgehead atoms. The lowest BCUT2D eigenvalue weighted by molar-refractivity contribution is 0.590. The number of furan rings is 1. The molecule has 4 heterocycles. The van der Waals surface area contributed by atoms with Crippen molar-refractivity contribution in [3.05, 3.63) is 173 Å². The Morgan fingerprint density at radius 1 is 0.516 bits per heavy atom. The summed E-state index contributed by atoms with van der Waals surface area (Å²) in [5.41, 5.74) is 25.4. The van der Waals surface area contributed by atoms with Crippen LogP contribution in [0, 0.1) is 0 Å². The topological polar surface area (TPSA) is 21.3 Å². The predicted molar refractivity (Wildman–Crippen MR) is 261 cm³/mol. The number of fused-ring (bicyclic) bond motifs is 18. The maximum absolute atomic E-state index is 6.67. The summed E-state index contributed by atoms with van der Waals surface area (Å²) in [4.78, 5) is 2.67. The van der Waals surface area contributed by atoms with Gasteiger partial charge >= 0.3 is 6.85 Å². The summed E-state index contributed by atoms with van der Waals surface area (Å²) in [6.45, 7) is 16.4. The molecule has 296 valence electrons. The van der Waals surface area contributed by atoms with E-state index in [1.165, 1.54) is 111 Å². The molecule has 0 atom stereocenters. The standard InChI is InChI=1S/C58H45BN2O/c1-56(2,3)32-20-22-33(23-21-32)61-48-29-41-35-15-10-13-19-50(35)62-51(41)30-40(48)36-24-25-38-53-47(27-26-44-52(53)37-16-9-12-18-43(37)57(44,4)5)60-49-31-45-39(28-46(49)59(61)54(36)55(38)60)34-14-8-11-17-42(34)58(45,6)7/h8-31H,1-7H3. The first-order valence-electron chi connectivity index (χ1n) is 22.3. The quantitative estimate of drug-likeness (QED) is 0.154. The molecule has 62 heavy (non-hydrogen) atoms. The van der Waals surface area contributed by atoms with Crippen LogP contribution in [0.5, 0.6) is 0 Å². The molecule has 8 aromatic carbocycles. The highest BCUT2D eigenvalue weighted by atomic mass is 16.3. The van der Waals surface area contributed by atoms with Crippen molar-refractivity contribution in [3.63, 3.8) is 0 Å². The molecule has 0 fully saturated rings. The Kier molecular flexibility index (Phi) is 6.29.